The summed E-state index contributed by atoms with van der Waals surface area (Å²) in [6.45, 7) is 6.06. The Hall–Kier alpha value is -1.51. The minimum absolute atomic E-state index is 0.293. The Kier molecular flexibility index (Phi) is 5.53. The van der Waals surface area contributed by atoms with E-state index in [1.165, 1.54) is 0 Å². The van der Waals surface area contributed by atoms with Gasteiger partial charge in [-0.05, 0) is 37.5 Å². The minimum Gasteiger partial charge on any atom is -0.490 e. The largest absolute Gasteiger partial charge is 0.490 e. The van der Waals surface area contributed by atoms with Crippen LogP contribution in [0.4, 0.5) is 0 Å². The zero-order chi connectivity index (χ0) is 12.7. The highest BCUT2D eigenvalue weighted by Gasteiger charge is 2.05. The van der Waals surface area contributed by atoms with Gasteiger partial charge in [-0.15, -0.1) is 0 Å². The van der Waals surface area contributed by atoms with Crippen molar-refractivity contribution in [2.75, 3.05) is 0 Å². The van der Waals surface area contributed by atoms with Gasteiger partial charge in [0.25, 0.3) is 0 Å². The Morgan fingerprint density at radius 3 is 2.29 bits per heavy atom. The quantitative estimate of drug-likeness (QED) is 0.464. The maximum absolute atomic E-state index is 8.60. The second kappa shape index (κ2) is 6.94. The van der Waals surface area contributed by atoms with Gasteiger partial charge in [0, 0.05) is 6.42 Å². The minimum atomic E-state index is 0.293. The summed E-state index contributed by atoms with van der Waals surface area (Å²) in [5.41, 5.74) is 1.83. The van der Waals surface area contributed by atoms with E-state index in [0.29, 0.717) is 18.2 Å². The first kappa shape index (κ1) is 13.6. The average molecular weight is 235 g/mol. The molecule has 0 bridgehead atoms. The van der Waals surface area contributed by atoms with E-state index in [0.717, 1.165) is 24.2 Å². The van der Waals surface area contributed by atoms with E-state index in [1.807, 2.05) is 24.3 Å². The molecule has 94 valence electrons. The molecule has 0 unspecified atom stereocenters. The third kappa shape index (κ3) is 4.47. The first-order chi connectivity index (χ1) is 8.19. The Morgan fingerprint density at radius 1 is 1.24 bits per heavy atom. The van der Waals surface area contributed by atoms with Crippen molar-refractivity contribution in [2.24, 2.45) is 5.16 Å². The Bertz CT molecular complexity index is 353. The van der Waals surface area contributed by atoms with Gasteiger partial charge in [0.1, 0.15) is 5.75 Å². The molecule has 3 nitrogen and oxygen atoms in total. The van der Waals surface area contributed by atoms with Crippen LogP contribution in [0.2, 0.25) is 0 Å². The monoisotopic (exact) mass is 235 g/mol. The molecule has 1 rings (SSSR count). The zero-order valence-electron chi connectivity index (χ0n) is 10.8. The van der Waals surface area contributed by atoms with Crippen molar-refractivity contribution >= 4 is 5.71 Å². The normalized spacial score (nSPS) is 11.9. The molecule has 0 amide bonds. The molecule has 3 heteroatoms. The average Bonchev–Trinajstić information content (AvgIpc) is 2.37. The summed E-state index contributed by atoms with van der Waals surface area (Å²) in [5.74, 6) is 0.904. The molecule has 1 aromatic rings. The second-order valence-electron chi connectivity index (χ2n) is 4.21. The van der Waals surface area contributed by atoms with E-state index in [2.05, 4.69) is 19.0 Å². The van der Waals surface area contributed by atoms with Crippen LogP contribution >= 0.6 is 0 Å². The van der Waals surface area contributed by atoms with Gasteiger partial charge in [0.2, 0.25) is 0 Å². The molecule has 0 radical (unpaired) electrons. The number of oxime groups is 1. The predicted octanol–water partition coefficient (Wildman–Crippen LogP) is 3.65. The van der Waals surface area contributed by atoms with E-state index >= 15 is 0 Å². The first-order valence-corrected chi connectivity index (χ1v) is 6.12. The maximum Gasteiger partial charge on any atom is 0.119 e. The van der Waals surface area contributed by atoms with Gasteiger partial charge < -0.3 is 9.94 Å². The molecule has 1 N–H and O–H groups in total. The molecule has 0 aromatic heterocycles. The van der Waals surface area contributed by atoms with Crippen molar-refractivity contribution in [2.45, 2.75) is 46.1 Å². The van der Waals surface area contributed by atoms with E-state index in [-0.39, 0.29) is 0 Å². The van der Waals surface area contributed by atoms with Gasteiger partial charge in [0.05, 0.1) is 11.8 Å². The van der Waals surface area contributed by atoms with Gasteiger partial charge in [-0.3, -0.25) is 0 Å². The molecule has 0 atom stereocenters. The first-order valence-electron chi connectivity index (χ1n) is 6.12. The van der Waals surface area contributed by atoms with Crippen molar-refractivity contribution in [3.05, 3.63) is 29.8 Å². The summed E-state index contributed by atoms with van der Waals surface area (Å²) < 4.78 is 5.82. The predicted molar refractivity (Wildman–Crippen MR) is 70.0 cm³/mol. The Balaban J connectivity index is 2.61. The summed E-state index contributed by atoms with van der Waals surface area (Å²) in [6, 6.07) is 7.95. The molecule has 0 aliphatic carbocycles. The van der Waals surface area contributed by atoms with Gasteiger partial charge in [0.15, 0.2) is 0 Å². The van der Waals surface area contributed by atoms with Crippen molar-refractivity contribution in [1.82, 2.24) is 0 Å². The van der Waals surface area contributed by atoms with Crippen LogP contribution in [0.3, 0.4) is 0 Å². The number of hydrogen-bond acceptors (Lipinski definition) is 3. The van der Waals surface area contributed by atoms with Crippen LogP contribution < -0.4 is 4.74 Å². The van der Waals surface area contributed by atoms with E-state index in [4.69, 9.17) is 9.94 Å². The number of rotatable bonds is 6. The van der Waals surface area contributed by atoms with Crippen LogP contribution in [0.25, 0.3) is 0 Å². The lowest BCUT2D eigenvalue weighted by Gasteiger charge is -2.15. The van der Waals surface area contributed by atoms with Crippen LogP contribution in [0.5, 0.6) is 5.75 Å². The standard InChI is InChI=1S/C14H21NO2/c1-4-13(5-2)17-14-8-6-12(7-9-14)10-11(3)15-16/h6-9,13,16H,4-5,10H2,1-3H3/b15-11+. The summed E-state index contributed by atoms with van der Waals surface area (Å²) in [7, 11) is 0. The van der Waals surface area contributed by atoms with Gasteiger partial charge >= 0.3 is 0 Å². The fourth-order valence-electron chi connectivity index (χ4n) is 1.66. The molecule has 0 spiro atoms. The topological polar surface area (TPSA) is 41.8 Å². The summed E-state index contributed by atoms with van der Waals surface area (Å²) in [5, 5.41) is 11.8. The fraction of sp³-hybridized carbons (Fsp3) is 0.500. The maximum atomic E-state index is 8.60. The highest BCUT2D eigenvalue weighted by Crippen LogP contribution is 2.16. The molecule has 0 saturated carbocycles. The lowest BCUT2D eigenvalue weighted by atomic mass is 10.1. The van der Waals surface area contributed by atoms with Crippen molar-refractivity contribution in [3.63, 3.8) is 0 Å². The summed E-state index contributed by atoms with van der Waals surface area (Å²) in [4.78, 5) is 0. The number of hydrogen-bond donors (Lipinski definition) is 1. The van der Waals surface area contributed by atoms with Crippen molar-refractivity contribution in [3.8, 4) is 5.75 Å². The van der Waals surface area contributed by atoms with E-state index in [9.17, 15) is 0 Å². The van der Waals surface area contributed by atoms with Crippen LogP contribution in [-0.4, -0.2) is 17.0 Å². The van der Waals surface area contributed by atoms with Gasteiger partial charge in [-0.1, -0.05) is 31.1 Å². The second-order valence-corrected chi connectivity index (χ2v) is 4.21. The molecule has 1 aromatic carbocycles. The SMILES string of the molecule is CCC(CC)Oc1ccc(C/C(C)=N/O)cc1. The highest BCUT2D eigenvalue weighted by atomic mass is 16.5. The van der Waals surface area contributed by atoms with Gasteiger partial charge in [-0.25, -0.2) is 0 Å². The van der Waals surface area contributed by atoms with Crippen LogP contribution in [0.15, 0.2) is 29.4 Å². The van der Waals surface area contributed by atoms with E-state index in [1.54, 1.807) is 6.92 Å². The third-order valence-electron chi connectivity index (χ3n) is 2.77. The van der Waals surface area contributed by atoms with E-state index < -0.39 is 0 Å². The lowest BCUT2D eigenvalue weighted by Crippen LogP contribution is -2.13. The zero-order valence-corrected chi connectivity index (χ0v) is 10.8. The summed E-state index contributed by atoms with van der Waals surface area (Å²) >= 11 is 0. The fourth-order valence-corrected chi connectivity index (χ4v) is 1.66. The molecule has 17 heavy (non-hydrogen) atoms. The highest BCUT2D eigenvalue weighted by molar-refractivity contribution is 5.83. The third-order valence-corrected chi connectivity index (χ3v) is 2.77. The number of nitrogens with zero attached hydrogens (tertiary/aromatic N) is 1. The molecule has 0 fully saturated rings. The molecule has 0 aliphatic rings. The van der Waals surface area contributed by atoms with Gasteiger partial charge in [-0.2, -0.15) is 0 Å². The van der Waals surface area contributed by atoms with Crippen molar-refractivity contribution in [1.29, 1.82) is 0 Å². The molecule has 0 aliphatic heterocycles. The molecular weight excluding hydrogens is 214 g/mol. The van der Waals surface area contributed by atoms with Crippen LogP contribution in [-0.2, 0) is 6.42 Å². The molecule has 0 saturated heterocycles. The lowest BCUT2D eigenvalue weighted by molar-refractivity contribution is 0.193. The Labute approximate surface area is 103 Å². The van der Waals surface area contributed by atoms with Crippen LogP contribution in [0, 0.1) is 0 Å². The number of benzene rings is 1. The smallest absolute Gasteiger partial charge is 0.119 e. The molecular formula is C14H21NO2. The van der Waals surface area contributed by atoms with Crippen molar-refractivity contribution < 1.29 is 9.94 Å². The Morgan fingerprint density at radius 2 is 1.82 bits per heavy atom. The number of ether oxygens (including phenoxy) is 1. The van der Waals surface area contributed by atoms with Crippen LogP contribution in [0.1, 0.15) is 39.2 Å². The molecule has 0 heterocycles. The summed E-state index contributed by atoms with van der Waals surface area (Å²) in [6.07, 6.45) is 3.01.